The second kappa shape index (κ2) is 10.2. The number of rotatable bonds is 7. The SMILES string of the molecule is CCc1nc2ccccc2n1-c1nc(N2CCOCC2)c2nc(CN3CCN(CC(N)=O)C(=O)C3)n(C)c2n1. The fourth-order valence-electron chi connectivity index (χ4n) is 5.30. The topological polar surface area (TPSA) is 141 Å². The first kappa shape index (κ1) is 25.2. The Kier molecular flexibility index (Phi) is 6.61. The van der Waals surface area contributed by atoms with Crippen molar-refractivity contribution in [3.8, 4) is 5.95 Å². The van der Waals surface area contributed by atoms with E-state index in [1.54, 1.807) is 0 Å². The van der Waals surface area contributed by atoms with Gasteiger partial charge in [0.05, 0.1) is 43.9 Å². The van der Waals surface area contributed by atoms with E-state index in [0.717, 1.165) is 46.1 Å². The van der Waals surface area contributed by atoms with E-state index in [1.807, 2.05) is 45.3 Å². The summed E-state index contributed by atoms with van der Waals surface area (Å²) in [7, 11) is 1.95. The molecule has 0 bridgehead atoms. The number of nitrogens with zero attached hydrogens (tertiary/aromatic N) is 9. The maximum Gasteiger partial charge on any atom is 0.239 e. The molecule has 1 aromatic carbocycles. The molecule has 2 saturated heterocycles. The van der Waals surface area contributed by atoms with E-state index < -0.39 is 5.91 Å². The zero-order valence-electron chi connectivity index (χ0n) is 22.2. The Morgan fingerprint density at radius 3 is 2.56 bits per heavy atom. The molecule has 2 aliphatic rings. The van der Waals surface area contributed by atoms with Crippen LogP contribution < -0.4 is 10.6 Å². The second-order valence-corrected chi connectivity index (χ2v) is 9.90. The quantitative estimate of drug-likeness (QED) is 0.354. The molecule has 6 rings (SSSR count). The molecule has 204 valence electrons. The highest BCUT2D eigenvalue weighted by Gasteiger charge is 2.28. The molecule has 0 spiro atoms. The van der Waals surface area contributed by atoms with Crippen LogP contribution in [0.2, 0.25) is 0 Å². The van der Waals surface area contributed by atoms with Crippen molar-refractivity contribution in [1.29, 1.82) is 0 Å². The summed E-state index contributed by atoms with van der Waals surface area (Å²) in [6.45, 7) is 6.41. The Balaban J connectivity index is 1.41. The molecule has 0 saturated carbocycles. The van der Waals surface area contributed by atoms with Gasteiger partial charge in [-0.3, -0.25) is 19.1 Å². The molecule has 2 fully saturated rings. The summed E-state index contributed by atoms with van der Waals surface area (Å²) in [6, 6.07) is 8.01. The van der Waals surface area contributed by atoms with Crippen LogP contribution in [0.3, 0.4) is 0 Å². The number of aryl methyl sites for hydroxylation is 2. The minimum atomic E-state index is -0.505. The summed E-state index contributed by atoms with van der Waals surface area (Å²) in [5.74, 6) is 2.37. The van der Waals surface area contributed by atoms with Crippen molar-refractivity contribution in [1.82, 2.24) is 38.9 Å². The van der Waals surface area contributed by atoms with Crippen LogP contribution in [0.15, 0.2) is 24.3 Å². The van der Waals surface area contributed by atoms with Gasteiger partial charge in [-0.2, -0.15) is 9.97 Å². The minimum Gasteiger partial charge on any atom is -0.378 e. The van der Waals surface area contributed by atoms with Crippen molar-refractivity contribution >= 4 is 39.8 Å². The molecule has 2 aliphatic heterocycles. The van der Waals surface area contributed by atoms with Gasteiger partial charge in [-0.1, -0.05) is 19.1 Å². The van der Waals surface area contributed by atoms with Crippen LogP contribution in [-0.2, 0) is 34.3 Å². The standard InChI is InChI=1S/C26H32N10O3/c1-3-20-28-17-6-4-5-7-18(17)36(20)26-30-24-23(25(31-26)34-10-12-39-13-11-34)29-21(32(24)2)15-33-8-9-35(14-19(27)37)22(38)16-33/h4-7H,3,8-16H2,1-2H3,(H2,27,37). The molecule has 0 unspecified atom stereocenters. The largest absolute Gasteiger partial charge is 0.378 e. The van der Waals surface area contributed by atoms with Crippen LogP contribution in [0.1, 0.15) is 18.6 Å². The summed E-state index contributed by atoms with van der Waals surface area (Å²) in [6.07, 6.45) is 0.732. The summed E-state index contributed by atoms with van der Waals surface area (Å²) < 4.78 is 9.62. The van der Waals surface area contributed by atoms with Crippen LogP contribution >= 0.6 is 0 Å². The number of nitrogens with two attached hydrogens (primary N) is 1. The number of benzene rings is 1. The number of aromatic nitrogens is 6. The van der Waals surface area contributed by atoms with Crippen molar-refractivity contribution in [2.24, 2.45) is 12.8 Å². The number of piperazine rings is 1. The van der Waals surface area contributed by atoms with Crippen LogP contribution in [0.4, 0.5) is 5.82 Å². The Morgan fingerprint density at radius 1 is 1.03 bits per heavy atom. The number of ether oxygens (including phenoxy) is 1. The summed E-state index contributed by atoms with van der Waals surface area (Å²) >= 11 is 0. The fourth-order valence-corrected chi connectivity index (χ4v) is 5.30. The molecule has 5 heterocycles. The van der Waals surface area contributed by atoms with Gasteiger partial charge in [0.1, 0.15) is 11.6 Å². The van der Waals surface area contributed by atoms with Crippen LogP contribution in [0, 0.1) is 0 Å². The van der Waals surface area contributed by atoms with Gasteiger partial charge < -0.3 is 24.8 Å². The van der Waals surface area contributed by atoms with Gasteiger partial charge in [0.25, 0.3) is 0 Å². The first-order valence-corrected chi connectivity index (χ1v) is 13.2. The lowest BCUT2D eigenvalue weighted by molar-refractivity contribution is -0.139. The van der Waals surface area contributed by atoms with E-state index in [0.29, 0.717) is 51.9 Å². The highest BCUT2D eigenvalue weighted by atomic mass is 16.5. The molecule has 4 aromatic rings. The molecule has 2 amide bonds. The molecule has 0 radical (unpaired) electrons. The van der Waals surface area contributed by atoms with Gasteiger partial charge in [0, 0.05) is 39.6 Å². The maximum atomic E-state index is 12.6. The fraction of sp³-hybridized carbons (Fsp3) is 0.462. The number of morpholine rings is 1. The average Bonchev–Trinajstić information content (AvgIpc) is 3.47. The number of hydrogen-bond acceptors (Lipinski definition) is 9. The Hall–Kier alpha value is -4.10. The van der Waals surface area contributed by atoms with E-state index in [9.17, 15) is 9.59 Å². The number of fused-ring (bicyclic) bond motifs is 2. The average molecular weight is 533 g/mol. The van der Waals surface area contributed by atoms with Crippen molar-refractivity contribution in [2.75, 3.05) is 57.4 Å². The van der Waals surface area contributed by atoms with Gasteiger partial charge in [0.15, 0.2) is 17.0 Å². The molecule has 39 heavy (non-hydrogen) atoms. The van der Waals surface area contributed by atoms with E-state index in [4.69, 9.17) is 30.4 Å². The lowest BCUT2D eigenvalue weighted by Crippen LogP contribution is -2.52. The normalized spacial score (nSPS) is 17.0. The monoisotopic (exact) mass is 532 g/mol. The second-order valence-electron chi connectivity index (χ2n) is 9.90. The Bertz CT molecular complexity index is 1550. The van der Waals surface area contributed by atoms with Crippen LogP contribution in [0.25, 0.3) is 28.1 Å². The number of carbonyl (C=O) groups is 2. The molecule has 13 nitrogen and oxygen atoms in total. The van der Waals surface area contributed by atoms with Gasteiger partial charge in [-0.25, -0.2) is 9.97 Å². The number of hydrogen-bond donors (Lipinski definition) is 1. The van der Waals surface area contributed by atoms with Crippen LogP contribution in [-0.4, -0.2) is 103 Å². The van der Waals surface area contributed by atoms with Gasteiger partial charge in [-0.15, -0.1) is 0 Å². The zero-order valence-corrected chi connectivity index (χ0v) is 22.2. The highest BCUT2D eigenvalue weighted by Crippen LogP contribution is 2.29. The number of amides is 2. The smallest absolute Gasteiger partial charge is 0.239 e. The van der Waals surface area contributed by atoms with Crippen molar-refractivity contribution in [3.63, 3.8) is 0 Å². The third-order valence-corrected chi connectivity index (χ3v) is 7.35. The van der Waals surface area contributed by atoms with E-state index in [-0.39, 0.29) is 19.0 Å². The van der Waals surface area contributed by atoms with Gasteiger partial charge in [0.2, 0.25) is 17.8 Å². The number of carbonyl (C=O) groups excluding carboxylic acids is 2. The summed E-state index contributed by atoms with van der Waals surface area (Å²) in [5.41, 5.74) is 8.58. The molecule has 2 N–H and O–H groups in total. The van der Waals surface area contributed by atoms with Crippen LogP contribution in [0.5, 0.6) is 0 Å². The molecular weight excluding hydrogens is 500 g/mol. The molecule has 0 atom stereocenters. The van der Waals surface area contributed by atoms with Crippen molar-refractivity contribution < 1.29 is 14.3 Å². The Morgan fingerprint density at radius 2 is 1.82 bits per heavy atom. The first-order valence-electron chi connectivity index (χ1n) is 13.2. The number of anilines is 1. The van der Waals surface area contributed by atoms with Gasteiger partial charge in [-0.05, 0) is 12.1 Å². The number of primary amides is 1. The third kappa shape index (κ3) is 4.68. The van der Waals surface area contributed by atoms with Crippen molar-refractivity contribution in [3.05, 3.63) is 35.9 Å². The molecule has 0 aliphatic carbocycles. The van der Waals surface area contributed by atoms with E-state index in [1.165, 1.54) is 4.90 Å². The first-order chi connectivity index (χ1) is 18.9. The Labute approximate surface area is 225 Å². The summed E-state index contributed by atoms with van der Waals surface area (Å²) in [4.78, 5) is 49.5. The predicted molar refractivity (Wildman–Crippen MR) is 144 cm³/mol. The minimum absolute atomic E-state index is 0.0527. The lowest BCUT2D eigenvalue weighted by atomic mass is 10.3. The maximum absolute atomic E-state index is 12.6. The van der Waals surface area contributed by atoms with E-state index in [2.05, 4.69) is 11.8 Å². The summed E-state index contributed by atoms with van der Waals surface area (Å²) in [5, 5.41) is 0. The third-order valence-electron chi connectivity index (χ3n) is 7.35. The number of para-hydroxylation sites is 2. The van der Waals surface area contributed by atoms with Crippen molar-refractivity contribution in [2.45, 2.75) is 19.9 Å². The molecule has 13 heteroatoms. The highest BCUT2D eigenvalue weighted by molar-refractivity contribution is 5.86. The zero-order chi connectivity index (χ0) is 27.1. The predicted octanol–water partition coefficient (Wildman–Crippen LogP) is 0.231. The molecule has 3 aromatic heterocycles. The van der Waals surface area contributed by atoms with E-state index >= 15 is 0 Å². The molecular formula is C26H32N10O3. The van der Waals surface area contributed by atoms with Gasteiger partial charge >= 0.3 is 0 Å². The lowest BCUT2D eigenvalue weighted by Gasteiger charge is -2.33. The number of imidazole rings is 2.